The average molecular weight is 271 g/mol. The molecule has 3 aromatic rings. The van der Waals surface area contributed by atoms with Gasteiger partial charge in [-0.15, -0.1) is 21.5 Å². The van der Waals surface area contributed by atoms with Crippen LogP contribution in [0.1, 0.15) is 0 Å². The number of halogens is 2. The quantitative estimate of drug-likeness (QED) is 0.682. The molecular formula is C9H4Cl2N4S. The molecule has 0 unspecified atom stereocenters. The molecule has 0 aliphatic heterocycles. The van der Waals surface area contributed by atoms with Crippen LogP contribution in [0, 0.1) is 0 Å². The molecule has 0 saturated heterocycles. The lowest BCUT2D eigenvalue weighted by Gasteiger charge is -1.95. The van der Waals surface area contributed by atoms with Crippen LogP contribution in [0.5, 0.6) is 0 Å². The van der Waals surface area contributed by atoms with E-state index >= 15 is 0 Å². The summed E-state index contributed by atoms with van der Waals surface area (Å²) in [6.07, 6.45) is 0. The van der Waals surface area contributed by atoms with Crippen LogP contribution in [0.4, 0.5) is 0 Å². The van der Waals surface area contributed by atoms with E-state index in [1.54, 1.807) is 16.6 Å². The van der Waals surface area contributed by atoms with Crippen molar-refractivity contribution in [3.63, 3.8) is 0 Å². The minimum atomic E-state index is 0.399. The minimum Gasteiger partial charge on any atom is -0.190 e. The molecule has 0 spiro atoms. The average Bonchev–Trinajstić information content (AvgIpc) is 2.83. The zero-order chi connectivity index (χ0) is 11.1. The van der Waals surface area contributed by atoms with Crippen molar-refractivity contribution in [2.75, 3.05) is 0 Å². The number of hydrogen-bond acceptors (Lipinski definition) is 4. The summed E-state index contributed by atoms with van der Waals surface area (Å²) in [4.78, 5) is 0.910. The van der Waals surface area contributed by atoms with E-state index < -0.39 is 0 Å². The summed E-state index contributed by atoms with van der Waals surface area (Å²) in [5, 5.41) is 12.6. The molecule has 0 aliphatic carbocycles. The molecule has 0 atom stereocenters. The van der Waals surface area contributed by atoms with E-state index in [0.717, 1.165) is 4.88 Å². The number of thiophene rings is 1. The summed E-state index contributed by atoms with van der Waals surface area (Å²) in [5.74, 6) is 0.648. The van der Waals surface area contributed by atoms with E-state index in [4.69, 9.17) is 23.2 Å². The monoisotopic (exact) mass is 270 g/mol. The van der Waals surface area contributed by atoms with Crippen LogP contribution >= 0.6 is 34.5 Å². The Balaban J connectivity index is 2.27. The molecule has 3 aromatic heterocycles. The number of nitrogens with zero attached hydrogens (tertiary/aromatic N) is 4. The van der Waals surface area contributed by atoms with Gasteiger partial charge in [0.25, 0.3) is 0 Å². The lowest BCUT2D eigenvalue weighted by atomic mass is 10.4. The van der Waals surface area contributed by atoms with Crippen molar-refractivity contribution in [3.8, 4) is 10.7 Å². The largest absolute Gasteiger partial charge is 0.195 e. The van der Waals surface area contributed by atoms with Crippen molar-refractivity contribution >= 4 is 40.2 Å². The molecule has 0 amide bonds. The van der Waals surface area contributed by atoms with Gasteiger partial charge in [0.15, 0.2) is 11.5 Å². The fraction of sp³-hybridized carbons (Fsp3) is 0. The van der Waals surface area contributed by atoms with Gasteiger partial charge in [-0.2, -0.15) is 9.61 Å². The first kappa shape index (κ1) is 10.0. The zero-order valence-electron chi connectivity index (χ0n) is 7.76. The van der Waals surface area contributed by atoms with Crippen LogP contribution < -0.4 is 0 Å². The molecule has 0 N–H and O–H groups in total. The molecule has 3 heterocycles. The molecule has 4 nitrogen and oxygen atoms in total. The second-order valence-electron chi connectivity index (χ2n) is 3.05. The Morgan fingerprint density at radius 3 is 2.69 bits per heavy atom. The Hall–Kier alpha value is -1.17. The van der Waals surface area contributed by atoms with Crippen LogP contribution in [0.25, 0.3) is 16.3 Å². The van der Waals surface area contributed by atoms with Gasteiger partial charge in [-0.25, -0.2) is 0 Å². The summed E-state index contributed by atoms with van der Waals surface area (Å²) in [7, 11) is 0. The van der Waals surface area contributed by atoms with Gasteiger partial charge in [0.05, 0.1) is 9.21 Å². The zero-order valence-corrected chi connectivity index (χ0v) is 10.1. The van der Waals surface area contributed by atoms with Gasteiger partial charge < -0.3 is 0 Å². The molecule has 7 heteroatoms. The lowest BCUT2D eigenvalue weighted by molar-refractivity contribution is 0.939. The van der Waals surface area contributed by atoms with E-state index in [1.807, 2.05) is 12.1 Å². The SMILES string of the molecule is Clc1ccc2nnc(-c3ccc(Cl)s3)n2n1. The van der Waals surface area contributed by atoms with Crippen molar-refractivity contribution in [2.45, 2.75) is 0 Å². The molecule has 0 aliphatic rings. The Bertz CT molecular complexity index is 660. The van der Waals surface area contributed by atoms with Crippen LogP contribution in [0.3, 0.4) is 0 Å². The van der Waals surface area contributed by atoms with E-state index in [1.165, 1.54) is 11.3 Å². The third-order valence-electron chi connectivity index (χ3n) is 2.02. The Kier molecular flexibility index (Phi) is 2.31. The standard InChI is InChI=1S/C9H4Cl2N4S/c10-6-2-4-8-12-13-9(15(8)14-6)5-1-3-7(11)16-5/h1-4H. The third kappa shape index (κ3) is 1.57. The maximum Gasteiger partial charge on any atom is 0.195 e. The van der Waals surface area contributed by atoms with Gasteiger partial charge in [-0.05, 0) is 24.3 Å². The minimum absolute atomic E-state index is 0.399. The number of aromatic nitrogens is 4. The molecular weight excluding hydrogens is 267 g/mol. The van der Waals surface area contributed by atoms with Gasteiger partial charge in [0.2, 0.25) is 0 Å². The summed E-state index contributed by atoms with van der Waals surface area (Å²) < 4.78 is 2.30. The molecule has 0 bridgehead atoms. The highest BCUT2D eigenvalue weighted by molar-refractivity contribution is 7.19. The van der Waals surface area contributed by atoms with Gasteiger partial charge in [-0.3, -0.25) is 0 Å². The van der Waals surface area contributed by atoms with Crippen LogP contribution in [0.2, 0.25) is 9.49 Å². The summed E-state index contributed by atoms with van der Waals surface area (Å²) in [5.41, 5.74) is 0.656. The topological polar surface area (TPSA) is 43.1 Å². The van der Waals surface area contributed by atoms with Crippen molar-refractivity contribution in [3.05, 3.63) is 33.8 Å². The molecule has 0 saturated carbocycles. The lowest BCUT2D eigenvalue weighted by Crippen LogP contribution is -1.93. The van der Waals surface area contributed by atoms with Gasteiger partial charge in [-0.1, -0.05) is 23.2 Å². The Morgan fingerprint density at radius 2 is 1.94 bits per heavy atom. The third-order valence-corrected chi connectivity index (χ3v) is 3.45. The highest BCUT2D eigenvalue weighted by Gasteiger charge is 2.11. The fourth-order valence-corrected chi connectivity index (χ4v) is 2.51. The first-order valence-electron chi connectivity index (χ1n) is 4.38. The van der Waals surface area contributed by atoms with Crippen LogP contribution in [0.15, 0.2) is 24.3 Å². The first-order valence-corrected chi connectivity index (χ1v) is 5.95. The van der Waals surface area contributed by atoms with E-state index in [2.05, 4.69) is 15.3 Å². The van der Waals surface area contributed by atoms with Gasteiger partial charge in [0, 0.05) is 0 Å². The molecule has 16 heavy (non-hydrogen) atoms. The van der Waals surface area contributed by atoms with Crippen molar-refractivity contribution in [2.24, 2.45) is 0 Å². The normalized spacial score (nSPS) is 11.1. The smallest absolute Gasteiger partial charge is 0.190 e. The van der Waals surface area contributed by atoms with Crippen LogP contribution in [-0.2, 0) is 0 Å². The van der Waals surface area contributed by atoms with Crippen molar-refractivity contribution in [1.82, 2.24) is 19.8 Å². The second kappa shape index (κ2) is 3.69. The maximum absolute atomic E-state index is 5.87. The Morgan fingerprint density at radius 1 is 1.06 bits per heavy atom. The molecule has 0 aromatic carbocycles. The number of fused-ring (bicyclic) bond motifs is 1. The summed E-state index contributed by atoms with van der Waals surface area (Å²) in [6.45, 7) is 0. The highest BCUT2D eigenvalue weighted by Crippen LogP contribution is 2.29. The summed E-state index contributed by atoms with van der Waals surface area (Å²) in [6, 6.07) is 7.14. The van der Waals surface area contributed by atoms with Gasteiger partial charge in [0.1, 0.15) is 5.15 Å². The highest BCUT2D eigenvalue weighted by atomic mass is 35.5. The predicted octanol–water partition coefficient (Wildman–Crippen LogP) is 3.16. The maximum atomic E-state index is 5.87. The molecule has 80 valence electrons. The van der Waals surface area contributed by atoms with Gasteiger partial charge >= 0.3 is 0 Å². The second-order valence-corrected chi connectivity index (χ2v) is 5.16. The number of hydrogen-bond donors (Lipinski definition) is 0. The fourth-order valence-electron chi connectivity index (χ4n) is 1.35. The Labute approximate surface area is 104 Å². The van der Waals surface area contributed by atoms with E-state index in [-0.39, 0.29) is 0 Å². The van der Waals surface area contributed by atoms with E-state index in [9.17, 15) is 0 Å². The molecule has 0 fully saturated rings. The predicted molar refractivity (Wildman–Crippen MR) is 64.1 cm³/mol. The van der Waals surface area contributed by atoms with Crippen molar-refractivity contribution in [1.29, 1.82) is 0 Å². The molecule has 0 radical (unpaired) electrons. The van der Waals surface area contributed by atoms with E-state index in [0.29, 0.717) is 21.0 Å². The van der Waals surface area contributed by atoms with Crippen LogP contribution in [-0.4, -0.2) is 19.8 Å². The summed E-state index contributed by atoms with van der Waals surface area (Å²) >= 11 is 13.1. The first-order chi connectivity index (χ1) is 7.74. The number of rotatable bonds is 1. The molecule has 3 rings (SSSR count). The van der Waals surface area contributed by atoms with Crippen molar-refractivity contribution < 1.29 is 0 Å².